The number of nitrogens with one attached hydrogen (secondary N) is 1. The van der Waals surface area contributed by atoms with Gasteiger partial charge in [-0.15, -0.1) is 6.58 Å². The van der Waals surface area contributed by atoms with E-state index in [2.05, 4.69) is 11.6 Å². The molecule has 0 aliphatic carbocycles. The largest absolute Gasteiger partial charge is 1.00 e. The Hall–Kier alpha value is -0.650. The minimum atomic E-state index is -1.23. The zero-order chi connectivity index (χ0) is 10.8. The van der Waals surface area contributed by atoms with Crippen molar-refractivity contribution in [1.82, 2.24) is 5.32 Å². The van der Waals surface area contributed by atoms with Crippen molar-refractivity contribution in [1.29, 1.82) is 0 Å². The molecule has 0 saturated carbocycles. The van der Waals surface area contributed by atoms with E-state index in [1.807, 2.05) is 5.32 Å². The number of carbonyl (C=O) groups excluding carboxylic acids is 2. The van der Waals surface area contributed by atoms with Crippen LogP contribution in [0, 0.1) is 5.41 Å². The van der Waals surface area contributed by atoms with Gasteiger partial charge in [0, 0.05) is 0 Å². The molecule has 5 nitrogen and oxygen atoms in total. The summed E-state index contributed by atoms with van der Waals surface area (Å²) >= 11 is 0. The molecule has 15 heavy (non-hydrogen) atoms. The molecule has 6 heteroatoms. The van der Waals surface area contributed by atoms with Crippen LogP contribution in [-0.4, -0.2) is 17.8 Å². The minimum Gasteiger partial charge on any atom is -0.861 e. The van der Waals surface area contributed by atoms with Gasteiger partial charge in [0.1, 0.15) is 0 Å². The molecule has 1 atom stereocenters. The summed E-state index contributed by atoms with van der Waals surface area (Å²) in [6.45, 7) is 5.18. The van der Waals surface area contributed by atoms with E-state index >= 15 is 0 Å². The van der Waals surface area contributed by atoms with Crippen molar-refractivity contribution < 1.29 is 44.3 Å². The van der Waals surface area contributed by atoms with E-state index in [1.54, 1.807) is 6.92 Å². The minimum absolute atomic E-state index is 0. The summed E-state index contributed by atoms with van der Waals surface area (Å²) in [5.74, 6) is -1.25. The molecule has 0 aromatic heterocycles. The third kappa shape index (κ3) is 2.48. The predicted molar refractivity (Wildman–Crippen MR) is 48.5 cm³/mol. The van der Waals surface area contributed by atoms with Gasteiger partial charge < -0.3 is 5.11 Å². The number of aliphatic imine (C=N–C) groups is 1. The maximum atomic E-state index is 11.5. The van der Waals surface area contributed by atoms with Crippen LogP contribution in [0.1, 0.15) is 19.8 Å². The summed E-state index contributed by atoms with van der Waals surface area (Å²) in [5, 5.41) is 13.5. The number of allylic oxidation sites excluding steroid dienone is 1. The van der Waals surface area contributed by atoms with Crippen molar-refractivity contribution in [2.24, 2.45) is 10.4 Å². The number of rotatable bonds is 3. The molecule has 0 radical (unpaired) electrons. The predicted octanol–water partition coefficient (Wildman–Crippen LogP) is -3.03. The summed E-state index contributed by atoms with van der Waals surface area (Å²) in [5.41, 5.74) is -1.23. The number of hydrogen-bond acceptors (Lipinski definition) is 3. The fourth-order valence-electron chi connectivity index (χ4n) is 1.42. The molecular formula is C9H11N2NaO3. The van der Waals surface area contributed by atoms with Gasteiger partial charge in [-0.2, -0.15) is 0 Å². The Balaban J connectivity index is 0.00000196. The third-order valence-electron chi connectivity index (χ3n) is 2.36. The van der Waals surface area contributed by atoms with Crippen LogP contribution in [0.2, 0.25) is 0 Å². The molecule has 1 heterocycles. The van der Waals surface area contributed by atoms with Crippen molar-refractivity contribution in [3.05, 3.63) is 12.7 Å². The summed E-state index contributed by atoms with van der Waals surface area (Å²) in [6.07, 6.45) is 1.98. The Labute approximate surface area is 110 Å². The third-order valence-corrected chi connectivity index (χ3v) is 2.36. The fraction of sp³-hybridized carbons (Fsp3) is 0.444. The number of amides is 3. The average molecular weight is 218 g/mol. The van der Waals surface area contributed by atoms with Gasteiger partial charge in [0.15, 0.2) is 0 Å². The molecule has 0 aromatic rings. The number of imide groups is 1. The van der Waals surface area contributed by atoms with Crippen LogP contribution in [0.4, 0.5) is 4.79 Å². The molecular weight excluding hydrogens is 207 g/mol. The second-order valence-electron chi connectivity index (χ2n) is 3.10. The van der Waals surface area contributed by atoms with Gasteiger partial charge in [0.25, 0.3) is 0 Å². The second-order valence-corrected chi connectivity index (χ2v) is 3.10. The SMILES string of the molecule is C=CCC1(CC)C(=O)NC(=O)N=C1[O-].[Na+]. The zero-order valence-corrected chi connectivity index (χ0v) is 10.9. The molecule has 1 N–H and O–H groups in total. The molecule has 1 aliphatic heterocycles. The van der Waals surface area contributed by atoms with Gasteiger partial charge in [0.2, 0.25) is 5.91 Å². The van der Waals surface area contributed by atoms with Gasteiger partial charge in [-0.1, -0.05) is 13.0 Å². The molecule has 1 rings (SSSR count). The molecule has 0 spiro atoms. The van der Waals surface area contributed by atoms with Crippen LogP contribution in [0.5, 0.6) is 0 Å². The molecule has 76 valence electrons. The van der Waals surface area contributed by atoms with E-state index in [0.717, 1.165) is 0 Å². The van der Waals surface area contributed by atoms with E-state index in [9.17, 15) is 14.7 Å². The first-order valence-corrected chi connectivity index (χ1v) is 4.29. The number of carbonyl (C=O) groups is 2. The summed E-state index contributed by atoms with van der Waals surface area (Å²) in [6, 6.07) is -0.881. The second kappa shape index (κ2) is 5.44. The van der Waals surface area contributed by atoms with Gasteiger partial charge in [-0.05, 0) is 18.7 Å². The number of hydrogen-bond donors (Lipinski definition) is 1. The zero-order valence-electron chi connectivity index (χ0n) is 8.87. The topological polar surface area (TPSA) is 81.6 Å². The number of urea groups is 1. The van der Waals surface area contributed by atoms with Crippen molar-refractivity contribution in [3.63, 3.8) is 0 Å². The fourth-order valence-corrected chi connectivity index (χ4v) is 1.42. The van der Waals surface area contributed by atoms with Crippen LogP contribution in [0.3, 0.4) is 0 Å². The Morgan fingerprint density at radius 2 is 2.20 bits per heavy atom. The van der Waals surface area contributed by atoms with Crippen LogP contribution in [0.25, 0.3) is 0 Å². The normalized spacial score (nSPS) is 25.0. The monoisotopic (exact) mass is 218 g/mol. The van der Waals surface area contributed by atoms with Crippen LogP contribution in [0.15, 0.2) is 17.6 Å². The maximum absolute atomic E-state index is 11.5. The summed E-state index contributed by atoms with van der Waals surface area (Å²) < 4.78 is 0. The van der Waals surface area contributed by atoms with Crippen LogP contribution < -0.4 is 40.0 Å². The molecule has 1 unspecified atom stereocenters. The average Bonchev–Trinajstić information content (AvgIpc) is 2.11. The summed E-state index contributed by atoms with van der Waals surface area (Å²) in [4.78, 5) is 25.5. The van der Waals surface area contributed by atoms with Crippen molar-refractivity contribution in [2.75, 3.05) is 0 Å². The smallest absolute Gasteiger partial charge is 0.861 e. The maximum Gasteiger partial charge on any atom is 1.00 e. The van der Waals surface area contributed by atoms with E-state index < -0.39 is 23.3 Å². The quantitative estimate of drug-likeness (QED) is 0.404. The Morgan fingerprint density at radius 1 is 1.60 bits per heavy atom. The Morgan fingerprint density at radius 3 is 2.60 bits per heavy atom. The molecule has 0 fully saturated rings. The van der Waals surface area contributed by atoms with E-state index in [4.69, 9.17) is 0 Å². The summed E-state index contributed by atoms with van der Waals surface area (Å²) in [7, 11) is 0. The van der Waals surface area contributed by atoms with E-state index in [-0.39, 0.29) is 36.0 Å². The van der Waals surface area contributed by atoms with Crippen LogP contribution in [-0.2, 0) is 4.79 Å². The first-order chi connectivity index (χ1) is 6.56. The van der Waals surface area contributed by atoms with Crippen LogP contribution >= 0.6 is 0 Å². The standard InChI is InChI=1S/C9H12N2O3.Na/c1-3-5-9(4-2)6(12)10-8(14)11-7(9)13;/h3H,1,4-5H2,2H3,(H2,10,11,12,13,14);/q;+1/p-1. The van der Waals surface area contributed by atoms with E-state index in [1.165, 1.54) is 6.08 Å². The van der Waals surface area contributed by atoms with Crippen molar-refractivity contribution >= 4 is 17.8 Å². The Kier molecular flexibility index (Phi) is 5.20. The van der Waals surface area contributed by atoms with E-state index in [0.29, 0.717) is 6.42 Å². The van der Waals surface area contributed by atoms with Gasteiger partial charge >= 0.3 is 35.6 Å². The van der Waals surface area contributed by atoms with Gasteiger partial charge in [0.05, 0.1) is 5.41 Å². The molecule has 1 aliphatic rings. The molecule has 0 bridgehead atoms. The van der Waals surface area contributed by atoms with Crippen molar-refractivity contribution in [3.8, 4) is 0 Å². The molecule has 0 saturated heterocycles. The number of nitrogens with zero attached hydrogens (tertiary/aromatic N) is 1. The van der Waals surface area contributed by atoms with Gasteiger partial charge in [-0.25, -0.2) is 9.79 Å². The Bertz CT molecular complexity index is 327. The van der Waals surface area contributed by atoms with Gasteiger partial charge in [-0.3, -0.25) is 10.1 Å². The molecule has 3 amide bonds. The first-order valence-electron chi connectivity index (χ1n) is 4.29. The first kappa shape index (κ1) is 14.3. The van der Waals surface area contributed by atoms with Crippen molar-refractivity contribution in [2.45, 2.75) is 19.8 Å². The molecule has 0 aromatic carbocycles.